The second-order valence-corrected chi connectivity index (χ2v) is 7.16. The highest BCUT2D eigenvalue weighted by Crippen LogP contribution is 2.36. The topological polar surface area (TPSA) is 77.3 Å². The molecule has 2 aromatic heterocycles. The Morgan fingerprint density at radius 1 is 1.10 bits per heavy atom. The van der Waals surface area contributed by atoms with Crippen LogP contribution in [-0.2, 0) is 34.0 Å². The Hall–Kier alpha value is -3.55. The lowest BCUT2D eigenvalue weighted by Gasteiger charge is -2.27. The Balaban J connectivity index is 1.83. The van der Waals surface area contributed by atoms with Gasteiger partial charge in [-0.1, -0.05) is 0 Å². The molecule has 8 heteroatoms. The number of benzene rings is 1. The van der Waals surface area contributed by atoms with Gasteiger partial charge >= 0.3 is 5.97 Å². The number of amides is 1. The molecule has 0 fully saturated rings. The van der Waals surface area contributed by atoms with Crippen molar-refractivity contribution in [3.63, 3.8) is 0 Å². The quantitative estimate of drug-likeness (QED) is 0.620. The molecule has 0 saturated heterocycles. The first kappa shape index (κ1) is 19.8. The molecule has 1 aromatic carbocycles. The third kappa shape index (κ3) is 3.94. The molecule has 3 heterocycles. The van der Waals surface area contributed by atoms with Crippen molar-refractivity contribution in [1.29, 1.82) is 0 Å². The summed E-state index contributed by atoms with van der Waals surface area (Å²) >= 11 is 0. The zero-order valence-corrected chi connectivity index (χ0v) is 16.8. The number of fused-ring (bicyclic) bond motifs is 1. The summed E-state index contributed by atoms with van der Waals surface area (Å²) in [6.45, 7) is 4.56. The zero-order valence-electron chi connectivity index (χ0n) is 16.8. The summed E-state index contributed by atoms with van der Waals surface area (Å²) in [6, 6.07) is 9.89. The maximum Gasteiger partial charge on any atom is 0.303 e. The van der Waals surface area contributed by atoms with Crippen LogP contribution in [0.3, 0.4) is 0 Å². The van der Waals surface area contributed by atoms with Crippen molar-refractivity contribution in [3.05, 3.63) is 59.8 Å². The molecular weight excluding hydrogens is 387 g/mol. The fourth-order valence-electron chi connectivity index (χ4n) is 3.59. The van der Waals surface area contributed by atoms with Crippen LogP contribution in [0.25, 0.3) is 22.4 Å². The number of aromatic nitrogens is 3. The summed E-state index contributed by atoms with van der Waals surface area (Å²) in [5.41, 5.74) is 4.70. The zero-order chi connectivity index (χ0) is 21.3. The molecule has 1 aliphatic rings. The second-order valence-electron chi connectivity index (χ2n) is 7.16. The van der Waals surface area contributed by atoms with Crippen molar-refractivity contribution in [2.75, 3.05) is 6.54 Å². The first-order chi connectivity index (χ1) is 14.4. The number of carbonyl (C=O) groups excluding carboxylic acids is 2. The van der Waals surface area contributed by atoms with Gasteiger partial charge in [-0.05, 0) is 42.0 Å². The first-order valence-electron chi connectivity index (χ1n) is 9.62. The van der Waals surface area contributed by atoms with E-state index in [2.05, 4.69) is 4.98 Å². The van der Waals surface area contributed by atoms with Gasteiger partial charge in [-0.2, -0.15) is 5.10 Å². The lowest BCUT2D eigenvalue weighted by Crippen LogP contribution is -2.37. The van der Waals surface area contributed by atoms with Gasteiger partial charge in [0, 0.05) is 37.7 Å². The Labute approximate surface area is 173 Å². The number of hydrogen-bond acceptors (Lipinski definition) is 5. The molecule has 0 saturated carbocycles. The number of pyridine rings is 1. The minimum Gasteiger partial charge on any atom is -0.459 e. The highest BCUT2D eigenvalue weighted by atomic mass is 19.1. The van der Waals surface area contributed by atoms with Gasteiger partial charge in [0.1, 0.15) is 18.1 Å². The van der Waals surface area contributed by atoms with Gasteiger partial charge in [0.05, 0.1) is 24.5 Å². The fraction of sp³-hybridized carbons (Fsp3) is 0.273. The Bertz CT molecular complexity index is 1110. The average molecular weight is 408 g/mol. The standard InChI is InChI=1S/C22H21FN4O3/c1-14(28)26-9-10-27-20(12-26)21(22(25-27)16-3-5-18(23)6-4-16)17-7-8-24-19(11-17)13-30-15(2)29/h3-8,11H,9-10,12-13H2,1-2H3. The smallest absolute Gasteiger partial charge is 0.303 e. The summed E-state index contributed by atoms with van der Waals surface area (Å²) < 4.78 is 20.5. The molecule has 0 N–H and O–H groups in total. The normalized spacial score (nSPS) is 13.1. The van der Waals surface area contributed by atoms with Crippen LogP contribution < -0.4 is 0 Å². The maximum absolute atomic E-state index is 13.5. The largest absolute Gasteiger partial charge is 0.459 e. The molecule has 0 radical (unpaired) electrons. The van der Waals surface area contributed by atoms with Gasteiger partial charge in [0.15, 0.2) is 0 Å². The van der Waals surface area contributed by atoms with Crippen molar-refractivity contribution in [3.8, 4) is 22.4 Å². The van der Waals surface area contributed by atoms with E-state index in [1.54, 1.807) is 30.2 Å². The van der Waals surface area contributed by atoms with Crippen molar-refractivity contribution in [2.24, 2.45) is 0 Å². The van der Waals surface area contributed by atoms with Crippen molar-refractivity contribution in [2.45, 2.75) is 33.5 Å². The van der Waals surface area contributed by atoms with E-state index in [1.165, 1.54) is 19.1 Å². The maximum atomic E-state index is 13.5. The lowest BCUT2D eigenvalue weighted by molar-refractivity contribution is -0.142. The Kier molecular flexibility index (Phi) is 5.31. The van der Waals surface area contributed by atoms with Crippen molar-refractivity contribution in [1.82, 2.24) is 19.7 Å². The van der Waals surface area contributed by atoms with Gasteiger partial charge < -0.3 is 9.64 Å². The molecule has 1 amide bonds. The summed E-state index contributed by atoms with van der Waals surface area (Å²) in [6.07, 6.45) is 1.65. The summed E-state index contributed by atoms with van der Waals surface area (Å²) in [7, 11) is 0. The van der Waals surface area contributed by atoms with Crippen molar-refractivity contribution >= 4 is 11.9 Å². The molecule has 0 unspecified atom stereocenters. The number of ether oxygens (including phenoxy) is 1. The van der Waals surface area contributed by atoms with E-state index in [0.717, 1.165) is 22.4 Å². The number of nitrogens with zero attached hydrogens (tertiary/aromatic N) is 4. The van der Waals surface area contributed by atoms with E-state index in [0.29, 0.717) is 31.0 Å². The van der Waals surface area contributed by atoms with E-state index in [1.807, 2.05) is 16.8 Å². The summed E-state index contributed by atoms with van der Waals surface area (Å²) in [5.74, 6) is -0.698. The predicted molar refractivity (Wildman–Crippen MR) is 107 cm³/mol. The average Bonchev–Trinajstić information content (AvgIpc) is 3.11. The van der Waals surface area contributed by atoms with E-state index >= 15 is 0 Å². The summed E-state index contributed by atoms with van der Waals surface area (Å²) in [4.78, 5) is 29.2. The Morgan fingerprint density at radius 3 is 2.57 bits per heavy atom. The number of rotatable bonds is 4. The van der Waals surface area contributed by atoms with Gasteiger partial charge in [0.25, 0.3) is 0 Å². The molecule has 7 nitrogen and oxygen atoms in total. The summed E-state index contributed by atoms with van der Waals surface area (Å²) in [5, 5.41) is 4.78. The fourth-order valence-corrected chi connectivity index (χ4v) is 3.59. The molecular formula is C22H21FN4O3. The predicted octanol–water partition coefficient (Wildman–Crippen LogP) is 3.18. The monoisotopic (exact) mass is 408 g/mol. The van der Waals surface area contributed by atoms with E-state index in [4.69, 9.17) is 9.84 Å². The number of hydrogen-bond donors (Lipinski definition) is 0. The number of carbonyl (C=O) groups is 2. The molecule has 4 rings (SSSR count). The van der Waals surface area contributed by atoms with E-state index in [9.17, 15) is 14.0 Å². The lowest BCUT2D eigenvalue weighted by atomic mass is 9.98. The SMILES string of the molecule is CC(=O)OCc1cc(-c2c(-c3ccc(F)cc3)nn3c2CN(C(C)=O)CC3)ccn1. The highest BCUT2D eigenvalue weighted by molar-refractivity contribution is 5.83. The second kappa shape index (κ2) is 8.06. The number of halogens is 1. The minimum atomic E-state index is -0.380. The molecule has 0 aliphatic carbocycles. The number of esters is 1. The van der Waals surface area contributed by atoms with Crippen LogP contribution in [-0.4, -0.2) is 38.1 Å². The third-order valence-corrected chi connectivity index (χ3v) is 5.07. The minimum absolute atomic E-state index is 0.00186. The van der Waals surface area contributed by atoms with Crippen LogP contribution in [0.5, 0.6) is 0 Å². The van der Waals surface area contributed by atoms with Crippen LogP contribution in [0.1, 0.15) is 25.2 Å². The molecule has 154 valence electrons. The van der Waals surface area contributed by atoms with Gasteiger partial charge in [-0.25, -0.2) is 4.39 Å². The van der Waals surface area contributed by atoms with Crippen LogP contribution >= 0.6 is 0 Å². The molecule has 1 aliphatic heterocycles. The molecule has 0 atom stereocenters. The van der Waals surface area contributed by atoms with Crippen molar-refractivity contribution < 1.29 is 18.7 Å². The third-order valence-electron chi connectivity index (χ3n) is 5.07. The molecule has 3 aromatic rings. The molecule has 0 bridgehead atoms. The van der Waals surface area contributed by atoms with Gasteiger partial charge in [-0.15, -0.1) is 0 Å². The van der Waals surface area contributed by atoms with Gasteiger partial charge in [-0.3, -0.25) is 19.3 Å². The van der Waals surface area contributed by atoms with Crippen LogP contribution in [0.4, 0.5) is 4.39 Å². The van der Waals surface area contributed by atoms with Crippen LogP contribution in [0.15, 0.2) is 42.6 Å². The van der Waals surface area contributed by atoms with Crippen LogP contribution in [0.2, 0.25) is 0 Å². The van der Waals surface area contributed by atoms with E-state index in [-0.39, 0.29) is 24.3 Å². The van der Waals surface area contributed by atoms with Gasteiger partial charge in [0.2, 0.25) is 5.91 Å². The molecule has 0 spiro atoms. The first-order valence-corrected chi connectivity index (χ1v) is 9.62. The van der Waals surface area contributed by atoms with E-state index < -0.39 is 0 Å². The van der Waals surface area contributed by atoms with Crippen LogP contribution in [0, 0.1) is 5.82 Å². The highest BCUT2D eigenvalue weighted by Gasteiger charge is 2.27. The Morgan fingerprint density at radius 2 is 1.87 bits per heavy atom. The molecule has 30 heavy (non-hydrogen) atoms.